The zero-order valence-corrected chi connectivity index (χ0v) is 9.93. The number of thiophene rings is 1. The first-order chi connectivity index (χ1) is 7.26. The molecule has 1 N–H and O–H groups in total. The Morgan fingerprint density at radius 1 is 1.67 bits per heavy atom. The largest absolute Gasteiger partial charge is 0.380 e. The van der Waals surface area contributed by atoms with Crippen molar-refractivity contribution in [2.75, 3.05) is 13.2 Å². The molecule has 15 heavy (non-hydrogen) atoms. The van der Waals surface area contributed by atoms with Crippen molar-refractivity contribution in [3.8, 4) is 6.07 Å². The molecule has 1 heterocycles. The summed E-state index contributed by atoms with van der Waals surface area (Å²) < 4.78 is 5.30. The van der Waals surface area contributed by atoms with E-state index < -0.39 is 0 Å². The molecule has 0 saturated heterocycles. The van der Waals surface area contributed by atoms with E-state index in [0.29, 0.717) is 6.04 Å². The van der Waals surface area contributed by atoms with Gasteiger partial charge in [0.2, 0.25) is 0 Å². The summed E-state index contributed by atoms with van der Waals surface area (Å²) in [6.07, 6.45) is 0. The molecule has 0 aliphatic carbocycles. The van der Waals surface area contributed by atoms with Gasteiger partial charge in [0.15, 0.2) is 0 Å². The Hall–Kier alpha value is -0.890. The summed E-state index contributed by atoms with van der Waals surface area (Å²) in [5.74, 6) is 0. The van der Waals surface area contributed by atoms with Crippen LogP contribution in [0.2, 0.25) is 0 Å². The lowest BCUT2D eigenvalue weighted by atomic mass is 10.3. The van der Waals surface area contributed by atoms with Crippen LogP contribution < -0.4 is 5.32 Å². The number of hydrogen-bond donors (Lipinski definition) is 1. The van der Waals surface area contributed by atoms with Crippen LogP contribution in [0.4, 0.5) is 0 Å². The number of nitriles is 1. The van der Waals surface area contributed by atoms with Crippen LogP contribution in [-0.4, -0.2) is 19.3 Å². The number of ether oxygens (including phenoxy) is 1. The maximum absolute atomic E-state index is 8.66. The zero-order chi connectivity index (χ0) is 11.1. The van der Waals surface area contributed by atoms with E-state index in [0.717, 1.165) is 25.3 Å². The molecule has 1 unspecified atom stereocenters. The van der Waals surface area contributed by atoms with Gasteiger partial charge in [-0.2, -0.15) is 5.26 Å². The second-order valence-corrected chi connectivity index (χ2v) is 4.35. The summed E-state index contributed by atoms with van der Waals surface area (Å²) in [6.45, 7) is 6.37. The fourth-order valence-corrected chi connectivity index (χ4v) is 1.92. The van der Waals surface area contributed by atoms with Crippen molar-refractivity contribution in [2.24, 2.45) is 0 Å². The van der Waals surface area contributed by atoms with Gasteiger partial charge in [0.25, 0.3) is 0 Å². The molecule has 0 fully saturated rings. The lowest BCUT2D eigenvalue weighted by molar-refractivity contribution is 0.127. The molecule has 0 aliphatic rings. The highest BCUT2D eigenvalue weighted by Gasteiger charge is 2.03. The van der Waals surface area contributed by atoms with E-state index in [1.54, 1.807) is 11.3 Å². The molecular weight excluding hydrogens is 208 g/mol. The van der Waals surface area contributed by atoms with Gasteiger partial charge in [-0.3, -0.25) is 0 Å². The van der Waals surface area contributed by atoms with E-state index in [1.165, 1.54) is 4.88 Å². The molecule has 0 radical (unpaired) electrons. The van der Waals surface area contributed by atoms with Crippen molar-refractivity contribution in [3.05, 3.63) is 21.9 Å². The smallest absolute Gasteiger partial charge is 0.100 e. The Labute approximate surface area is 94.7 Å². The van der Waals surface area contributed by atoms with Crippen LogP contribution in [0.3, 0.4) is 0 Å². The van der Waals surface area contributed by atoms with Crippen LogP contribution in [0.1, 0.15) is 24.3 Å². The highest BCUT2D eigenvalue weighted by Crippen LogP contribution is 2.13. The maximum Gasteiger partial charge on any atom is 0.100 e. The molecule has 1 rings (SSSR count). The van der Waals surface area contributed by atoms with Crippen molar-refractivity contribution in [3.63, 3.8) is 0 Å². The molecule has 82 valence electrons. The quantitative estimate of drug-likeness (QED) is 0.805. The van der Waals surface area contributed by atoms with Crippen LogP contribution in [-0.2, 0) is 11.3 Å². The minimum absolute atomic E-state index is 0.345. The summed E-state index contributed by atoms with van der Waals surface area (Å²) in [6, 6.07) is 4.39. The van der Waals surface area contributed by atoms with Gasteiger partial charge in [0.05, 0.1) is 12.2 Å². The summed E-state index contributed by atoms with van der Waals surface area (Å²) >= 11 is 1.61. The van der Waals surface area contributed by atoms with E-state index >= 15 is 0 Å². The number of rotatable bonds is 6. The highest BCUT2D eigenvalue weighted by molar-refractivity contribution is 7.10. The van der Waals surface area contributed by atoms with Gasteiger partial charge >= 0.3 is 0 Å². The van der Waals surface area contributed by atoms with Gasteiger partial charge in [0.1, 0.15) is 6.07 Å². The van der Waals surface area contributed by atoms with Gasteiger partial charge in [0, 0.05) is 29.5 Å². The molecule has 0 amide bonds. The summed E-state index contributed by atoms with van der Waals surface area (Å²) in [5, 5.41) is 13.9. The summed E-state index contributed by atoms with van der Waals surface area (Å²) in [5.41, 5.74) is 0.745. The summed E-state index contributed by atoms with van der Waals surface area (Å²) in [7, 11) is 0. The number of hydrogen-bond acceptors (Lipinski definition) is 4. The average molecular weight is 224 g/mol. The molecule has 3 nitrogen and oxygen atoms in total. The summed E-state index contributed by atoms with van der Waals surface area (Å²) in [4.78, 5) is 1.19. The van der Waals surface area contributed by atoms with Crippen LogP contribution in [0.25, 0.3) is 0 Å². The fourth-order valence-electron chi connectivity index (χ4n) is 1.16. The van der Waals surface area contributed by atoms with Gasteiger partial charge in [-0.25, -0.2) is 0 Å². The Balaban J connectivity index is 2.27. The van der Waals surface area contributed by atoms with Crippen molar-refractivity contribution in [2.45, 2.75) is 26.4 Å². The second kappa shape index (κ2) is 6.57. The minimum Gasteiger partial charge on any atom is -0.380 e. The van der Waals surface area contributed by atoms with Crippen LogP contribution in [0.15, 0.2) is 11.4 Å². The van der Waals surface area contributed by atoms with Crippen molar-refractivity contribution < 1.29 is 4.74 Å². The molecule has 0 aromatic carbocycles. The van der Waals surface area contributed by atoms with Gasteiger partial charge in [-0.15, -0.1) is 11.3 Å². The van der Waals surface area contributed by atoms with Crippen LogP contribution in [0, 0.1) is 11.3 Å². The third-order valence-electron chi connectivity index (χ3n) is 1.98. The normalized spacial score (nSPS) is 12.3. The lowest BCUT2D eigenvalue weighted by Gasteiger charge is -2.12. The van der Waals surface area contributed by atoms with Crippen LogP contribution in [0.5, 0.6) is 0 Å². The third-order valence-corrected chi connectivity index (χ3v) is 2.92. The predicted molar refractivity (Wildman–Crippen MR) is 61.8 cm³/mol. The standard InChI is InChI=1S/C11H16N2OS/c1-3-14-7-9(2)13-6-11-4-10(5-12)8-15-11/h4,8-9,13H,3,6-7H2,1-2H3. The number of nitrogens with one attached hydrogen (secondary N) is 1. The first-order valence-corrected chi connectivity index (χ1v) is 5.92. The molecule has 0 aliphatic heterocycles. The molecule has 1 aromatic rings. The SMILES string of the molecule is CCOCC(C)NCc1cc(C#N)cs1. The van der Waals surface area contributed by atoms with E-state index in [2.05, 4.69) is 18.3 Å². The first-order valence-electron chi connectivity index (χ1n) is 5.05. The Morgan fingerprint density at radius 3 is 3.07 bits per heavy atom. The molecule has 0 spiro atoms. The average Bonchev–Trinajstić information content (AvgIpc) is 2.71. The van der Waals surface area contributed by atoms with E-state index in [-0.39, 0.29) is 0 Å². The zero-order valence-electron chi connectivity index (χ0n) is 9.12. The molecule has 4 heteroatoms. The van der Waals surface area contributed by atoms with E-state index in [4.69, 9.17) is 10.00 Å². The van der Waals surface area contributed by atoms with Crippen LogP contribution >= 0.6 is 11.3 Å². The van der Waals surface area contributed by atoms with E-state index in [9.17, 15) is 0 Å². The Kier molecular flexibility index (Phi) is 5.33. The van der Waals surface area contributed by atoms with Gasteiger partial charge < -0.3 is 10.1 Å². The molecular formula is C11H16N2OS. The molecule has 0 bridgehead atoms. The molecule has 0 saturated carbocycles. The Morgan fingerprint density at radius 2 is 2.47 bits per heavy atom. The highest BCUT2D eigenvalue weighted by atomic mass is 32.1. The first kappa shape index (κ1) is 12.2. The monoisotopic (exact) mass is 224 g/mol. The van der Waals surface area contributed by atoms with Crippen molar-refractivity contribution >= 4 is 11.3 Å². The Bertz CT molecular complexity index is 330. The predicted octanol–water partition coefficient (Wildman–Crippen LogP) is 2.13. The van der Waals surface area contributed by atoms with E-state index in [1.807, 2.05) is 18.4 Å². The second-order valence-electron chi connectivity index (χ2n) is 3.35. The van der Waals surface area contributed by atoms with Gasteiger partial charge in [-0.1, -0.05) is 0 Å². The molecule has 1 aromatic heterocycles. The van der Waals surface area contributed by atoms with Crippen molar-refractivity contribution in [1.82, 2.24) is 5.32 Å². The van der Waals surface area contributed by atoms with Gasteiger partial charge in [-0.05, 0) is 19.9 Å². The molecule has 1 atom stereocenters. The van der Waals surface area contributed by atoms with Crippen molar-refractivity contribution in [1.29, 1.82) is 5.26 Å². The lowest BCUT2D eigenvalue weighted by Crippen LogP contribution is -2.29. The fraction of sp³-hybridized carbons (Fsp3) is 0.545. The third kappa shape index (κ3) is 4.43. The maximum atomic E-state index is 8.66. The minimum atomic E-state index is 0.345. The number of nitrogens with zero attached hydrogens (tertiary/aromatic N) is 1. The topological polar surface area (TPSA) is 45.0 Å².